The first-order valence-corrected chi connectivity index (χ1v) is 12.0. The lowest BCUT2D eigenvalue weighted by Gasteiger charge is -2.32. The molecule has 0 radical (unpaired) electrons. The van der Waals surface area contributed by atoms with Crippen LogP contribution in [0.25, 0.3) is 11.0 Å². The number of rotatable bonds is 9. The Morgan fingerprint density at radius 1 is 1.00 bits per heavy atom. The van der Waals surface area contributed by atoms with Crippen LogP contribution in [0.3, 0.4) is 0 Å². The minimum Gasteiger partial charge on any atom is -0.380 e. The second-order valence-corrected chi connectivity index (χ2v) is 9.07. The predicted octanol–water partition coefficient (Wildman–Crippen LogP) is 5.62. The number of benzene rings is 2. The molecule has 0 spiro atoms. The van der Waals surface area contributed by atoms with E-state index in [1.807, 2.05) is 0 Å². The number of para-hydroxylation sites is 2. The number of hydrogen-bond acceptors (Lipinski definition) is 3. The Balaban J connectivity index is 1.36. The SMILES string of the molecule is CCOCCn1c(C2CCN(CCc3ccc(C(C)C)cc3)CC2)nc2ccccc21. The zero-order valence-corrected chi connectivity index (χ0v) is 19.4. The van der Waals surface area contributed by atoms with Crippen molar-refractivity contribution < 1.29 is 4.74 Å². The highest BCUT2D eigenvalue weighted by Gasteiger charge is 2.25. The average molecular weight is 420 g/mol. The van der Waals surface area contributed by atoms with E-state index in [9.17, 15) is 0 Å². The minimum absolute atomic E-state index is 0.538. The van der Waals surface area contributed by atoms with E-state index in [2.05, 4.69) is 78.8 Å². The molecule has 0 bridgehead atoms. The third-order valence-corrected chi connectivity index (χ3v) is 6.66. The smallest absolute Gasteiger partial charge is 0.113 e. The molecule has 1 fully saturated rings. The van der Waals surface area contributed by atoms with Gasteiger partial charge in [-0.2, -0.15) is 0 Å². The molecule has 4 nitrogen and oxygen atoms in total. The molecule has 166 valence electrons. The summed E-state index contributed by atoms with van der Waals surface area (Å²) in [5.41, 5.74) is 5.23. The van der Waals surface area contributed by atoms with Crippen LogP contribution >= 0.6 is 0 Å². The van der Waals surface area contributed by atoms with Crippen LogP contribution < -0.4 is 0 Å². The van der Waals surface area contributed by atoms with Gasteiger partial charge in [-0.25, -0.2) is 4.98 Å². The van der Waals surface area contributed by atoms with Crippen LogP contribution in [0.4, 0.5) is 0 Å². The first-order valence-electron chi connectivity index (χ1n) is 12.0. The second kappa shape index (κ2) is 10.4. The maximum absolute atomic E-state index is 5.65. The van der Waals surface area contributed by atoms with Crippen molar-refractivity contribution in [2.75, 3.05) is 32.8 Å². The van der Waals surface area contributed by atoms with Gasteiger partial charge in [-0.15, -0.1) is 0 Å². The molecule has 4 heteroatoms. The molecule has 0 saturated carbocycles. The zero-order valence-electron chi connectivity index (χ0n) is 19.4. The lowest BCUT2D eigenvalue weighted by molar-refractivity contribution is 0.138. The molecule has 4 rings (SSSR count). The number of fused-ring (bicyclic) bond motifs is 1. The van der Waals surface area contributed by atoms with Gasteiger partial charge in [0.25, 0.3) is 0 Å². The molecule has 31 heavy (non-hydrogen) atoms. The molecule has 0 aliphatic carbocycles. The van der Waals surface area contributed by atoms with E-state index in [0.717, 1.165) is 51.3 Å². The summed E-state index contributed by atoms with van der Waals surface area (Å²) in [5, 5.41) is 0. The van der Waals surface area contributed by atoms with Crippen molar-refractivity contribution in [2.45, 2.75) is 58.4 Å². The number of nitrogens with zero attached hydrogens (tertiary/aromatic N) is 3. The number of piperidine rings is 1. The number of ether oxygens (including phenoxy) is 1. The minimum atomic E-state index is 0.538. The Morgan fingerprint density at radius 2 is 1.74 bits per heavy atom. The monoisotopic (exact) mass is 419 g/mol. The first-order chi connectivity index (χ1) is 15.2. The number of aromatic nitrogens is 2. The molecule has 1 aliphatic heterocycles. The highest BCUT2D eigenvalue weighted by molar-refractivity contribution is 5.76. The van der Waals surface area contributed by atoms with Gasteiger partial charge in [0.2, 0.25) is 0 Å². The van der Waals surface area contributed by atoms with E-state index in [0.29, 0.717) is 11.8 Å². The van der Waals surface area contributed by atoms with Gasteiger partial charge in [0.15, 0.2) is 0 Å². The van der Waals surface area contributed by atoms with Crippen LogP contribution in [0.5, 0.6) is 0 Å². The molecule has 2 aromatic carbocycles. The number of imidazole rings is 1. The molecular weight excluding hydrogens is 382 g/mol. The third-order valence-electron chi connectivity index (χ3n) is 6.66. The van der Waals surface area contributed by atoms with Gasteiger partial charge in [0.05, 0.1) is 17.6 Å². The van der Waals surface area contributed by atoms with Gasteiger partial charge in [-0.1, -0.05) is 50.2 Å². The summed E-state index contributed by atoms with van der Waals surface area (Å²) in [6.45, 7) is 12.4. The van der Waals surface area contributed by atoms with Crippen molar-refractivity contribution >= 4 is 11.0 Å². The summed E-state index contributed by atoms with van der Waals surface area (Å²) in [6, 6.07) is 17.7. The van der Waals surface area contributed by atoms with E-state index in [-0.39, 0.29) is 0 Å². The molecule has 1 aromatic heterocycles. The van der Waals surface area contributed by atoms with Crippen molar-refractivity contribution in [1.29, 1.82) is 0 Å². The summed E-state index contributed by atoms with van der Waals surface area (Å²) in [6.07, 6.45) is 3.50. The van der Waals surface area contributed by atoms with Crippen LogP contribution in [0.1, 0.15) is 62.4 Å². The van der Waals surface area contributed by atoms with Gasteiger partial charge in [-0.05, 0) is 68.5 Å². The Hall–Kier alpha value is -2.17. The molecule has 0 N–H and O–H groups in total. The molecular formula is C27H37N3O. The summed E-state index contributed by atoms with van der Waals surface area (Å²) in [7, 11) is 0. The summed E-state index contributed by atoms with van der Waals surface area (Å²) >= 11 is 0. The predicted molar refractivity (Wildman–Crippen MR) is 129 cm³/mol. The summed E-state index contributed by atoms with van der Waals surface area (Å²) in [4.78, 5) is 7.67. The number of hydrogen-bond donors (Lipinski definition) is 0. The van der Waals surface area contributed by atoms with Gasteiger partial charge in [0, 0.05) is 25.6 Å². The molecule has 3 aromatic rings. The lowest BCUT2D eigenvalue weighted by Crippen LogP contribution is -2.35. The van der Waals surface area contributed by atoms with E-state index >= 15 is 0 Å². The Kier molecular flexibility index (Phi) is 7.41. The fourth-order valence-corrected chi connectivity index (χ4v) is 4.71. The third kappa shape index (κ3) is 5.36. The van der Waals surface area contributed by atoms with E-state index in [1.165, 1.54) is 35.3 Å². The van der Waals surface area contributed by atoms with Gasteiger partial charge in [0.1, 0.15) is 5.82 Å². The van der Waals surface area contributed by atoms with Crippen molar-refractivity contribution in [1.82, 2.24) is 14.5 Å². The molecule has 1 aliphatic rings. The van der Waals surface area contributed by atoms with Crippen LogP contribution in [-0.4, -0.2) is 47.3 Å². The Labute approximate surface area is 187 Å². The van der Waals surface area contributed by atoms with Crippen molar-refractivity contribution in [3.8, 4) is 0 Å². The summed E-state index contributed by atoms with van der Waals surface area (Å²) < 4.78 is 8.06. The van der Waals surface area contributed by atoms with Gasteiger partial charge >= 0.3 is 0 Å². The lowest BCUT2D eigenvalue weighted by atomic mass is 9.95. The first kappa shape index (κ1) is 22.0. The topological polar surface area (TPSA) is 30.3 Å². The Bertz CT molecular complexity index is 952. The summed E-state index contributed by atoms with van der Waals surface area (Å²) in [5.74, 6) is 2.39. The van der Waals surface area contributed by atoms with E-state index in [1.54, 1.807) is 0 Å². The highest BCUT2D eigenvalue weighted by atomic mass is 16.5. The largest absolute Gasteiger partial charge is 0.380 e. The highest BCUT2D eigenvalue weighted by Crippen LogP contribution is 2.30. The molecule has 0 atom stereocenters. The quantitative estimate of drug-likeness (QED) is 0.422. The standard InChI is InChI=1S/C27H37N3O/c1-4-31-20-19-30-26-8-6-5-7-25(26)28-27(30)24-14-17-29(18-15-24)16-13-22-9-11-23(12-10-22)21(2)3/h5-12,21,24H,4,13-20H2,1-3H3. The van der Waals surface area contributed by atoms with Crippen molar-refractivity contribution in [3.05, 3.63) is 65.5 Å². The van der Waals surface area contributed by atoms with E-state index < -0.39 is 0 Å². The molecule has 1 saturated heterocycles. The van der Waals surface area contributed by atoms with E-state index in [4.69, 9.17) is 9.72 Å². The zero-order chi connectivity index (χ0) is 21.6. The fraction of sp³-hybridized carbons (Fsp3) is 0.519. The van der Waals surface area contributed by atoms with Crippen LogP contribution in [-0.2, 0) is 17.7 Å². The second-order valence-electron chi connectivity index (χ2n) is 9.07. The number of likely N-dealkylation sites (tertiary alicyclic amines) is 1. The van der Waals surface area contributed by atoms with Crippen molar-refractivity contribution in [2.24, 2.45) is 0 Å². The molecule has 0 unspecified atom stereocenters. The maximum atomic E-state index is 5.65. The van der Waals surface area contributed by atoms with Crippen LogP contribution in [0.2, 0.25) is 0 Å². The average Bonchev–Trinajstić information content (AvgIpc) is 3.17. The van der Waals surface area contributed by atoms with Crippen LogP contribution in [0, 0.1) is 0 Å². The van der Waals surface area contributed by atoms with Gasteiger partial charge < -0.3 is 14.2 Å². The van der Waals surface area contributed by atoms with Gasteiger partial charge in [-0.3, -0.25) is 0 Å². The Morgan fingerprint density at radius 3 is 2.45 bits per heavy atom. The normalized spacial score (nSPS) is 15.9. The van der Waals surface area contributed by atoms with Crippen LogP contribution in [0.15, 0.2) is 48.5 Å². The van der Waals surface area contributed by atoms with Crippen molar-refractivity contribution in [3.63, 3.8) is 0 Å². The molecule has 0 amide bonds. The molecule has 2 heterocycles. The fourth-order valence-electron chi connectivity index (χ4n) is 4.71. The maximum Gasteiger partial charge on any atom is 0.113 e.